The fraction of sp³-hybridized carbons (Fsp3) is 0.400. The van der Waals surface area contributed by atoms with Crippen LogP contribution >= 0.6 is 0 Å². The summed E-state index contributed by atoms with van der Waals surface area (Å²) in [6.45, 7) is 2.89. The van der Waals surface area contributed by atoms with Gasteiger partial charge in [0.1, 0.15) is 6.61 Å². The Kier molecular flexibility index (Phi) is 5.35. The van der Waals surface area contributed by atoms with Crippen molar-refractivity contribution >= 4 is 11.9 Å². The van der Waals surface area contributed by atoms with Gasteiger partial charge in [0.15, 0.2) is 17.3 Å². The van der Waals surface area contributed by atoms with Gasteiger partial charge in [-0.2, -0.15) is 15.0 Å². The molecule has 0 saturated carbocycles. The minimum Gasteiger partial charge on any atom is -0.490 e. The molecule has 0 amide bonds. The zero-order valence-electron chi connectivity index (χ0n) is 13.1. The average Bonchev–Trinajstić information content (AvgIpc) is 2.51. The van der Waals surface area contributed by atoms with Gasteiger partial charge in [0, 0.05) is 14.1 Å². The Morgan fingerprint density at radius 3 is 2.36 bits per heavy atom. The lowest BCUT2D eigenvalue weighted by Crippen LogP contribution is -2.17. The van der Waals surface area contributed by atoms with Crippen molar-refractivity contribution in [3.8, 4) is 11.5 Å². The number of nitrogens with two attached hydrogens (primary N) is 1. The number of ether oxygens (including phenoxy) is 2. The molecule has 2 aromatic rings. The molecule has 22 heavy (non-hydrogen) atoms. The molecule has 7 nitrogen and oxygen atoms in total. The molecule has 0 unspecified atom stereocenters. The Labute approximate surface area is 130 Å². The third-order valence-corrected chi connectivity index (χ3v) is 2.75. The van der Waals surface area contributed by atoms with Crippen molar-refractivity contribution in [3.05, 3.63) is 30.1 Å². The van der Waals surface area contributed by atoms with E-state index in [1.807, 2.05) is 38.4 Å². The van der Waals surface area contributed by atoms with E-state index in [2.05, 4.69) is 21.9 Å². The second-order valence-corrected chi connectivity index (χ2v) is 4.89. The minimum absolute atomic E-state index is 0.174. The standard InChI is InChI=1S/C15H21N5O2/c1-4-9-21-11-7-5-6-8-12(11)22-10-13-17-14(16)19-15(18-13)20(2)3/h5-8H,4,9-10H2,1-3H3,(H2,16,17,18,19). The number of hydrogen-bond donors (Lipinski definition) is 1. The van der Waals surface area contributed by atoms with Crippen LogP contribution in [0.2, 0.25) is 0 Å². The van der Waals surface area contributed by atoms with Crippen LogP contribution in [-0.4, -0.2) is 35.7 Å². The Hall–Kier alpha value is -2.57. The average molecular weight is 303 g/mol. The first-order valence-electron chi connectivity index (χ1n) is 7.12. The Bertz CT molecular complexity index is 619. The van der Waals surface area contributed by atoms with Crippen molar-refractivity contribution in [3.63, 3.8) is 0 Å². The third-order valence-electron chi connectivity index (χ3n) is 2.75. The summed E-state index contributed by atoms with van der Waals surface area (Å²) >= 11 is 0. The zero-order chi connectivity index (χ0) is 15.9. The maximum atomic E-state index is 5.76. The van der Waals surface area contributed by atoms with E-state index < -0.39 is 0 Å². The summed E-state index contributed by atoms with van der Waals surface area (Å²) in [5.74, 6) is 2.51. The number of hydrogen-bond acceptors (Lipinski definition) is 7. The van der Waals surface area contributed by atoms with E-state index in [-0.39, 0.29) is 12.6 Å². The topological polar surface area (TPSA) is 86.4 Å². The smallest absolute Gasteiger partial charge is 0.230 e. The van der Waals surface area contributed by atoms with Crippen LogP contribution in [0.15, 0.2) is 24.3 Å². The van der Waals surface area contributed by atoms with E-state index in [0.717, 1.165) is 6.42 Å². The predicted octanol–water partition coefficient (Wildman–Crippen LogP) is 1.89. The molecular formula is C15H21N5O2. The monoisotopic (exact) mass is 303 g/mol. The van der Waals surface area contributed by atoms with Gasteiger partial charge in [0.2, 0.25) is 11.9 Å². The lowest BCUT2D eigenvalue weighted by molar-refractivity contribution is 0.256. The number of benzene rings is 1. The molecule has 0 atom stereocenters. The lowest BCUT2D eigenvalue weighted by atomic mass is 10.3. The maximum absolute atomic E-state index is 5.76. The predicted molar refractivity (Wildman–Crippen MR) is 85.1 cm³/mol. The molecule has 1 aromatic heterocycles. The van der Waals surface area contributed by atoms with Crippen LogP contribution in [0, 0.1) is 0 Å². The second kappa shape index (κ2) is 7.44. The van der Waals surface area contributed by atoms with E-state index in [0.29, 0.717) is 29.9 Å². The summed E-state index contributed by atoms with van der Waals surface area (Å²) in [6.07, 6.45) is 0.935. The van der Waals surface area contributed by atoms with Crippen molar-refractivity contribution in [1.29, 1.82) is 0 Å². The van der Waals surface area contributed by atoms with Crippen LogP contribution < -0.4 is 20.1 Å². The molecule has 0 aliphatic rings. The van der Waals surface area contributed by atoms with Gasteiger partial charge in [0.05, 0.1) is 6.61 Å². The SMILES string of the molecule is CCCOc1ccccc1OCc1nc(N)nc(N(C)C)n1. The Morgan fingerprint density at radius 2 is 1.73 bits per heavy atom. The maximum Gasteiger partial charge on any atom is 0.230 e. The highest BCUT2D eigenvalue weighted by atomic mass is 16.5. The summed E-state index contributed by atoms with van der Waals surface area (Å²) in [5.41, 5.74) is 5.69. The van der Waals surface area contributed by atoms with E-state index in [1.54, 1.807) is 4.90 Å². The molecule has 0 saturated heterocycles. The van der Waals surface area contributed by atoms with Crippen molar-refractivity contribution in [1.82, 2.24) is 15.0 Å². The first-order valence-corrected chi connectivity index (χ1v) is 7.12. The largest absolute Gasteiger partial charge is 0.490 e. The number of aromatic nitrogens is 3. The highest BCUT2D eigenvalue weighted by molar-refractivity contribution is 5.39. The van der Waals surface area contributed by atoms with Crippen LogP contribution in [0.4, 0.5) is 11.9 Å². The molecular weight excluding hydrogens is 282 g/mol. The fourth-order valence-corrected chi connectivity index (χ4v) is 1.73. The number of nitrogens with zero attached hydrogens (tertiary/aromatic N) is 4. The summed E-state index contributed by atoms with van der Waals surface area (Å²) in [6, 6.07) is 7.52. The van der Waals surface area contributed by atoms with Gasteiger partial charge in [0.25, 0.3) is 0 Å². The van der Waals surface area contributed by atoms with E-state index in [4.69, 9.17) is 15.2 Å². The first-order chi connectivity index (χ1) is 10.6. The van der Waals surface area contributed by atoms with E-state index >= 15 is 0 Å². The zero-order valence-corrected chi connectivity index (χ0v) is 13.1. The van der Waals surface area contributed by atoms with Crippen LogP contribution in [0.3, 0.4) is 0 Å². The van der Waals surface area contributed by atoms with Gasteiger partial charge >= 0.3 is 0 Å². The van der Waals surface area contributed by atoms with Gasteiger partial charge in [-0.1, -0.05) is 19.1 Å². The highest BCUT2D eigenvalue weighted by Gasteiger charge is 2.09. The number of anilines is 2. The quantitative estimate of drug-likeness (QED) is 0.835. The summed E-state index contributed by atoms with van der Waals surface area (Å²) < 4.78 is 11.4. The van der Waals surface area contributed by atoms with Crippen LogP contribution in [0.5, 0.6) is 11.5 Å². The van der Waals surface area contributed by atoms with Gasteiger partial charge < -0.3 is 20.1 Å². The van der Waals surface area contributed by atoms with Crippen molar-refractivity contribution in [2.24, 2.45) is 0 Å². The highest BCUT2D eigenvalue weighted by Crippen LogP contribution is 2.27. The van der Waals surface area contributed by atoms with Crippen LogP contribution in [0.1, 0.15) is 19.2 Å². The fourth-order valence-electron chi connectivity index (χ4n) is 1.73. The van der Waals surface area contributed by atoms with Crippen molar-refractivity contribution in [2.75, 3.05) is 31.3 Å². The molecule has 0 fully saturated rings. The molecule has 2 N–H and O–H groups in total. The van der Waals surface area contributed by atoms with Crippen LogP contribution in [-0.2, 0) is 6.61 Å². The van der Waals surface area contributed by atoms with E-state index in [9.17, 15) is 0 Å². The van der Waals surface area contributed by atoms with Crippen LogP contribution in [0.25, 0.3) is 0 Å². The Balaban J connectivity index is 2.10. The molecule has 0 radical (unpaired) electrons. The molecule has 0 bridgehead atoms. The van der Waals surface area contributed by atoms with Crippen molar-refractivity contribution in [2.45, 2.75) is 20.0 Å². The minimum atomic E-state index is 0.174. The number of para-hydroxylation sites is 2. The lowest BCUT2D eigenvalue weighted by Gasteiger charge is -2.13. The number of rotatable bonds is 7. The molecule has 2 rings (SSSR count). The Morgan fingerprint density at radius 1 is 1.05 bits per heavy atom. The van der Waals surface area contributed by atoms with Gasteiger partial charge in [-0.3, -0.25) is 0 Å². The third kappa shape index (κ3) is 4.21. The summed E-state index contributed by atoms with van der Waals surface area (Å²) in [5, 5.41) is 0. The molecule has 1 heterocycles. The van der Waals surface area contributed by atoms with Crippen molar-refractivity contribution < 1.29 is 9.47 Å². The molecule has 0 aliphatic carbocycles. The molecule has 7 heteroatoms. The number of nitrogen functional groups attached to an aromatic ring is 1. The van der Waals surface area contributed by atoms with Gasteiger partial charge in [-0.25, -0.2) is 0 Å². The second-order valence-electron chi connectivity index (χ2n) is 4.89. The van der Waals surface area contributed by atoms with Gasteiger partial charge in [-0.05, 0) is 18.6 Å². The van der Waals surface area contributed by atoms with Gasteiger partial charge in [-0.15, -0.1) is 0 Å². The first kappa shape index (κ1) is 15.8. The summed E-state index contributed by atoms with van der Waals surface area (Å²) in [7, 11) is 3.68. The molecule has 1 aromatic carbocycles. The summed E-state index contributed by atoms with van der Waals surface area (Å²) in [4.78, 5) is 14.2. The molecule has 0 aliphatic heterocycles. The van der Waals surface area contributed by atoms with E-state index in [1.165, 1.54) is 0 Å². The molecule has 118 valence electrons. The normalized spacial score (nSPS) is 10.3. The molecule has 0 spiro atoms.